The van der Waals surface area contributed by atoms with Crippen LogP contribution in [-0.2, 0) is 17.1 Å². The van der Waals surface area contributed by atoms with Gasteiger partial charge in [-0.05, 0) is 19.1 Å². The average molecular weight is 301 g/mol. The van der Waals surface area contributed by atoms with E-state index < -0.39 is 35.3 Å². The lowest BCUT2D eigenvalue weighted by Gasteiger charge is -2.18. The summed E-state index contributed by atoms with van der Waals surface area (Å²) in [7, 11) is 0. The zero-order chi connectivity index (χ0) is 15.6. The van der Waals surface area contributed by atoms with Crippen molar-refractivity contribution < 1.29 is 35.9 Å². The Kier molecular flexibility index (Phi) is 4.51. The summed E-state index contributed by atoms with van der Waals surface area (Å²) < 4.78 is 80.5. The lowest BCUT2D eigenvalue weighted by atomic mass is 10.1. The van der Waals surface area contributed by atoms with Gasteiger partial charge < -0.3 is 4.74 Å². The van der Waals surface area contributed by atoms with E-state index in [4.69, 9.17) is 0 Å². The van der Waals surface area contributed by atoms with E-state index in [-0.39, 0.29) is 6.61 Å². The fourth-order valence-corrected chi connectivity index (χ4v) is 1.43. The quantitative estimate of drug-likeness (QED) is 0.827. The van der Waals surface area contributed by atoms with Crippen molar-refractivity contribution in [2.45, 2.75) is 19.3 Å². The molecule has 0 unspecified atom stereocenters. The van der Waals surface area contributed by atoms with E-state index in [0.29, 0.717) is 18.2 Å². The van der Waals surface area contributed by atoms with E-state index in [2.05, 4.69) is 4.74 Å². The number of hydrogen-bond acceptors (Lipinski definition) is 2. The Labute approximate surface area is 109 Å². The molecule has 0 fully saturated rings. The number of carbonyl (C=O) groups excluding carboxylic acids is 1. The molecule has 1 rings (SSSR count). The molecule has 1 aromatic carbocycles. The van der Waals surface area contributed by atoms with Crippen LogP contribution in [0.1, 0.15) is 18.1 Å². The molecule has 112 valence electrons. The van der Waals surface area contributed by atoms with Crippen LogP contribution in [0.4, 0.5) is 36.8 Å². The number of hydrogen-bond donors (Lipinski definition) is 1. The molecule has 20 heavy (non-hydrogen) atoms. The topological polar surface area (TPSA) is 38.3 Å². The number of carbonyl (C=O) groups is 1. The van der Waals surface area contributed by atoms with Crippen molar-refractivity contribution in [3.05, 3.63) is 29.3 Å². The second kappa shape index (κ2) is 5.59. The number of alkyl halides is 6. The number of rotatable bonds is 2. The number of anilines is 1. The molecule has 1 N–H and O–H groups in total. The van der Waals surface area contributed by atoms with Gasteiger partial charge in [-0.3, -0.25) is 5.32 Å². The summed E-state index contributed by atoms with van der Waals surface area (Å²) in [6, 6.07) is 1.50. The minimum Gasteiger partial charge on any atom is -0.450 e. The van der Waals surface area contributed by atoms with Crippen LogP contribution in [0, 0.1) is 0 Å². The van der Waals surface area contributed by atoms with Crippen LogP contribution in [0.3, 0.4) is 0 Å². The summed E-state index contributed by atoms with van der Waals surface area (Å²) in [6.07, 6.45) is -11.5. The van der Waals surface area contributed by atoms with E-state index in [9.17, 15) is 31.1 Å². The van der Waals surface area contributed by atoms with E-state index in [1.54, 1.807) is 0 Å². The second-order valence-electron chi connectivity index (χ2n) is 3.57. The minimum atomic E-state index is -5.05. The molecule has 0 aliphatic heterocycles. The first-order valence-electron chi connectivity index (χ1n) is 5.28. The summed E-state index contributed by atoms with van der Waals surface area (Å²) in [5.74, 6) is 0. The maximum Gasteiger partial charge on any atom is 0.418 e. The van der Waals surface area contributed by atoms with Crippen molar-refractivity contribution in [3.63, 3.8) is 0 Å². The maximum atomic E-state index is 12.7. The Morgan fingerprint density at radius 2 is 1.55 bits per heavy atom. The van der Waals surface area contributed by atoms with Gasteiger partial charge in [0.15, 0.2) is 0 Å². The van der Waals surface area contributed by atoms with Gasteiger partial charge in [-0.25, -0.2) is 4.79 Å². The van der Waals surface area contributed by atoms with Crippen LogP contribution < -0.4 is 5.32 Å². The predicted molar refractivity (Wildman–Crippen MR) is 57.1 cm³/mol. The first-order valence-corrected chi connectivity index (χ1v) is 5.28. The van der Waals surface area contributed by atoms with E-state index >= 15 is 0 Å². The third-order valence-electron chi connectivity index (χ3n) is 2.18. The van der Waals surface area contributed by atoms with Gasteiger partial charge >= 0.3 is 18.4 Å². The third kappa shape index (κ3) is 3.78. The normalized spacial score (nSPS) is 12.2. The Hall–Kier alpha value is -1.93. The van der Waals surface area contributed by atoms with Gasteiger partial charge in [0.1, 0.15) is 0 Å². The average Bonchev–Trinajstić information content (AvgIpc) is 2.26. The molecular weight excluding hydrogens is 292 g/mol. The van der Waals surface area contributed by atoms with Crippen molar-refractivity contribution in [2.24, 2.45) is 0 Å². The Morgan fingerprint density at radius 1 is 1.10 bits per heavy atom. The van der Waals surface area contributed by atoms with Crippen LogP contribution in [0.15, 0.2) is 18.2 Å². The highest BCUT2D eigenvalue weighted by atomic mass is 19.4. The molecule has 0 atom stereocenters. The highest BCUT2D eigenvalue weighted by Crippen LogP contribution is 2.42. The highest BCUT2D eigenvalue weighted by molar-refractivity contribution is 5.87. The predicted octanol–water partition coefficient (Wildman–Crippen LogP) is 4.29. The fourth-order valence-electron chi connectivity index (χ4n) is 1.43. The summed E-state index contributed by atoms with van der Waals surface area (Å²) in [4.78, 5) is 11.1. The van der Waals surface area contributed by atoms with Crippen LogP contribution in [0.2, 0.25) is 0 Å². The van der Waals surface area contributed by atoms with Crippen molar-refractivity contribution in [2.75, 3.05) is 11.9 Å². The van der Waals surface area contributed by atoms with Gasteiger partial charge in [-0.1, -0.05) is 6.07 Å². The maximum absolute atomic E-state index is 12.7. The van der Waals surface area contributed by atoms with Crippen LogP contribution in [0.25, 0.3) is 0 Å². The molecule has 0 radical (unpaired) electrons. The molecule has 0 heterocycles. The van der Waals surface area contributed by atoms with Gasteiger partial charge in [-0.2, -0.15) is 26.3 Å². The smallest absolute Gasteiger partial charge is 0.418 e. The number of amides is 1. The van der Waals surface area contributed by atoms with Crippen molar-refractivity contribution >= 4 is 11.8 Å². The van der Waals surface area contributed by atoms with Gasteiger partial charge in [0.05, 0.1) is 23.4 Å². The highest BCUT2D eigenvalue weighted by Gasteiger charge is 2.41. The number of nitrogens with one attached hydrogen (secondary N) is 1. The van der Waals surface area contributed by atoms with Gasteiger partial charge in [-0.15, -0.1) is 0 Å². The molecule has 0 aliphatic carbocycles. The monoisotopic (exact) mass is 301 g/mol. The van der Waals surface area contributed by atoms with Crippen LogP contribution in [0.5, 0.6) is 0 Å². The number of para-hydroxylation sites is 1. The summed E-state index contributed by atoms with van der Waals surface area (Å²) in [5, 5.41) is 1.49. The van der Waals surface area contributed by atoms with Crippen molar-refractivity contribution in [3.8, 4) is 0 Å². The van der Waals surface area contributed by atoms with Gasteiger partial charge in [0.25, 0.3) is 0 Å². The number of ether oxygens (including phenoxy) is 1. The summed E-state index contributed by atoms with van der Waals surface area (Å²) >= 11 is 0. The zero-order valence-electron chi connectivity index (χ0n) is 10.0. The standard InChI is InChI=1S/C11H9F6NO2/c1-2-20-9(19)18-8-6(10(12,13)14)4-3-5-7(8)11(15,16)17/h3-5H,2H2,1H3,(H,18,19). The molecule has 0 aromatic heterocycles. The molecule has 0 saturated carbocycles. The molecular formula is C11H9F6NO2. The molecule has 0 saturated heterocycles. The van der Waals surface area contributed by atoms with Crippen molar-refractivity contribution in [1.29, 1.82) is 0 Å². The number of halogens is 6. The number of benzene rings is 1. The lowest BCUT2D eigenvalue weighted by Crippen LogP contribution is -2.21. The Balaban J connectivity index is 3.37. The van der Waals surface area contributed by atoms with Gasteiger partial charge in [0, 0.05) is 0 Å². The summed E-state index contributed by atoms with van der Waals surface area (Å²) in [6.45, 7) is 1.17. The molecule has 3 nitrogen and oxygen atoms in total. The summed E-state index contributed by atoms with van der Waals surface area (Å²) in [5.41, 5.74) is -4.56. The van der Waals surface area contributed by atoms with E-state index in [1.807, 2.05) is 0 Å². The Morgan fingerprint density at radius 3 is 1.90 bits per heavy atom. The minimum absolute atomic E-state index is 0.193. The second-order valence-corrected chi connectivity index (χ2v) is 3.57. The lowest BCUT2D eigenvalue weighted by molar-refractivity contribution is -0.141. The van der Waals surface area contributed by atoms with Crippen LogP contribution >= 0.6 is 0 Å². The van der Waals surface area contributed by atoms with Crippen LogP contribution in [-0.4, -0.2) is 12.7 Å². The first kappa shape index (κ1) is 16.1. The molecule has 0 aliphatic rings. The molecule has 0 spiro atoms. The Bertz CT molecular complexity index is 462. The first-order chi connectivity index (χ1) is 9.07. The largest absolute Gasteiger partial charge is 0.450 e. The van der Waals surface area contributed by atoms with Crippen molar-refractivity contribution in [1.82, 2.24) is 0 Å². The van der Waals surface area contributed by atoms with E-state index in [1.165, 1.54) is 12.2 Å². The molecule has 9 heteroatoms. The fraction of sp³-hybridized carbons (Fsp3) is 0.364. The van der Waals surface area contributed by atoms with Gasteiger partial charge in [0.2, 0.25) is 0 Å². The third-order valence-corrected chi connectivity index (χ3v) is 2.18. The molecule has 1 amide bonds. The zero-order valence-corrected chi connectivity index (χ0v) is 10.0. The van der Waals surface area contributed by atoms with E-state index in [0.717, 1.165) is 0 Å². The molecule has 0 bridgehead atoms. The molecule has 1 aromatic rings. The SMILES string of the molecule is CCOC(=O)Nc1c(C(F)(F)F)cccc1C(F)(F)F.